The third-order valence-corrected chi connectivity index (χ3v) is 9.76. The van der Waals surface area contributed by atoms with Gasteiger partial charge < -0.3 is 15.5 Å². The van der Waals surface area contributed by atoms with E-state index in [0.717, 1.165) is 12.1 Å². The second kappa shape index (κ2) is 13.6. The first-order valence-electron chi connectivity index (χ1n) is 16.8. The fourth-order valence-corrected chi connectivity index (χ4v) is 7.36. The highest BCUT2D eigenvalue weighted by atomic mass is 19.4. The molecule has 0 aromatic heterocycles. The van der Waals surface area contributed by atoms with Gasteiger partial charge in [-0.1, -0.05) is 78.9 Å². The number of halogens is 6. The van der Waals surface area contributed by atoms with Gasteiger partial charge in [-0.15, -0.1) is 0 Å². The molecule has 0 radical (unpaired) electrons. The molecule has 2 N–H and O–H groups in total. The minimum Gasteiger partial charge on any atom is -0.346 e. The fourth-order valence-electron chi connectivity index (χ4n) is 7.36. The van der Waals surface area contributed by atoms with Gasteiger partial charge >= 0.3 is 12.4 Å². The number of fused-ring (bicyclic) bond motifs is 4. The highest BCUT2D eigenvalue weighted by Gasteiger charge is 2.49. The lowest BCUT2D eigenvalue weighted by Gasteiger charge is -2.32. The first-order chi connectivity index (χ1) is 25.7. The number of carbonyl (C=O) groups is 4. The topological polar surface area (TPSA) is 95.6 Å². The van der Waals surface area contributed by atoms with Gasteiger partial charge in [0.25, 0.3) is 17.6 Å². The molecule has 0 saturated carbocycles. The molecular weight excluding hydrogens is 712 g/mol. The molecule has 1 heterocycles. The predicted octanol–water partition coefficient (Wildman–Crippen LogP) is 8.58. The number of amides is 3. The van der Waals surface area contributed by atoms with Crippen molar-refractivity contribution in [1.29, 1.82) is 0 Å². The Hall–Kier alpha value is -6.24. The van der Waals surface area contributed by atoms with Gasteiger partial charge in [0.15, 0.2) is 0 Å². The number of anilines is 2. The molecule has 7 rings (SSSR count). The number of ketones is 1. The van der Waals surface area contributed by atoms with Gasteiger partial charge in [0.1, 0.15) is 12.0 Å². The van der Waals surface area contributed by atoms with Gasteiger partial charge in [-0.05, 0) is 82.6 Å². The molecular formula is C41H29F6N3O4. The first-order valence-corrected chi connectivity index (χ1v) is 16.8. The van der Waals surface area contributed by atoms with Crippen LogP contribution in [-0.2, 0) is 21.2 Å². The third-order valence-electron chi connectivity index (χ3n) is 9.76. The molecule has 0 bridgehead atoms. The van der Waals surface area contributed by atoms with E-state index in [0.29, 0.717) is 33.4 Å². The summed E-state index contributed by atoms with van der Waals surface area (Å²) in [4.78, 5) is 55.0. The van der Waals surface area contributed by atoms with Crippen LogP contribution < -0.4 is 15.5 Å². The molecule has 13 heteroatoms. The maximum absolute atomic E-state index is 13.8. The summed E-state index contributed by atoms with van der Waals surface area (Å²) in [7, 11) is 0. The molecule has 5 aromatic carbocycles. The number of nitrogens with one attached hydrogen (secondary N) is 2. The normalized spacial score (nSPS) is 14.4. The van der Waals surface area contributed by atoms with Crippen LogP contribution >= 0.6 is 0 Å². The Balaban J connectivity index is 1.11. The lowest BCUT2D eigenvalue weighted by atomic mass is 9.73. The molecule has 0 unspecified atom stereocenters. The largest absolute Gasteiger partial charge is 0.416 e. The highest BCUT2D eigenvalue weighted by molar-refractivity contribution is 6.52. The second-order valence-corrected chi connectivity index (χ2v) is 13.0. The number of carbonyl (C=O) groups excluding carboxylic acids is 4. The van der Waals surface area contributed by atoms with Crippen LogP contribution in [0.2, 0.25) is 0 Å². The summed E-state index contributed by atoms with van der Waals surface area (Å²) in [6.45, 7) is -1.56. The molecule has 274 valence electrons. The van der Waals surface area contributed by atoms with E-state index >= 15 is 0 Å². The summed E-state index contributed by atoms with van der Waals surface area (Å²) < 4.78 is 79.1. The van der Waals surface area contributed by atoms with Crippen LogP contribution in [0.3, 0.4) is 0 Å². The maximum Gasteiger partial charge on any atom is 0.416 e. The van der Waals surface area contributed by atoms with Gasteiger partial charge in [-0.25, -0.2) is 0 Å². The van der Waals surface area contributed by atoms with Crippen molar-refractivity contribution in [3.05, 3.63) is 143 Å². The average molecular weight is 742 g/mol. The van der Waals surface area contributed by atoms with Crippen molar-refractivity contribution in [2.75, 3.05) is 23.3 Å². The Morgan fingerprint density at radius 3 is 1.89 bits per heavy atom. The minimum atomic E-state index is -4.64. The van der Waals surface area contributed by atoms with E-state index in [9.17, 15) is 45.5 Å². The third kappa shape index (κ3) is 6.50. The molecule has 3 amide bonds. The first kappa shape index (κ1) is 36.1. The molecule has 7 nitrogen and oxygen atoms in total. The highest BCUT2D eigenvalue weighted by Crippen LogP contribution is 2.51. The van der Waals surface area contributed by atoms with Crippen LogP contribution in [0.1, 0.15) is 50.2 Å². The van der Waals surface area contributed by atoms with Crippen molar-refractivity contribution in [1.82, 2.24) is 5.32 Å². The smallest absolute Gasteiger partial charge is 0.346 e. The van der Waals surface area contributed by atoms with Crippen LogP contribution in [0.4, 0.5) is 37.7 Å². The number of alkyl halides is 6. The van der Waals surface area contributed by atoms with E-state index in [1.54, 1.807) is 66.7 Å². The van der Waals surface area contributed by atoms with Crippen LogP contribution in [0.25, 0.3) is 22.3 Å². The molecule has 0 spiro atoms. The molecule has 1 aliphatic heterocycles. The van der Waals surface area contributed by atoms with E-state index < -0.39 is 53.4 Å². The number of hydrogen-bond donors (Lipinski definition) is 2. The maximum atomic E-state index is 13.8. The summed E-state index contributed by atoms with van der Waals surface area (Å²) >= 11 is 0. The van der Waals surface area contributed by atoms with Gasteiger partial charge in [0, 0.05) is 17.8 Å². The molecule has 2 aliphatic rings. The number of rotatable bonds is 9. The Kier molecular flexibility index (Phi) is 9.12. The van der Waals surface area contributed by atoms with Crippen molar-refractivity contribution in [3.8, 4) is 22.3 Å². The van der Waals surface area contributed by atoms with Crippen molar-refractivity contribution in [3.63, 3.8) is 0 Å². The van der Waals surface area contributed by atoms with E-state index in [-0.39, 0.29) is 41.9 Å². The Labute approximate surface area is 304 Å². The quantitative estimate of drug-likeness (QED) is 0.117. The number of benzene rings is 5. The van der Waals surface area contributed by atoms with E-state index in [1.807, 2.05) is 0 Å². The van der Waals surface area contributed by atoms with Crippen LogP contribution in [0.5, 0.6) is 0 Å². The van der Waals surface area contributed by atoms with Crippen LogP contribution in [0.15, 0.2) is 115 Å². The Morgan fingerprint density at radius 1 is 0.685 bits per heavy atom. The summed E-state index contributed by atoms with van der Waals surface area (Å²) in [5.41, 5.74) is 1.54. The minimum absolute atomic E-state index is 0.0167. The van der Waals surface area contributed by atoms with E-state index in [4.69, 9.17) is 0 Å². The monoisotopic (exact) mass is 741 g/mol. The standard InChI is InChI=1S/C41H29F6N3O4/c42-40(43,44)23-48-38(54)39(32-12-5-3-9-28(32)29-10-4-6-13-33(29)39)20-7-21-50-34-19-18-26(22-31(34)35(51)37(50)53)49-36(52)30-11-2-1-8-27(30)24-14-16-25(17-15-24)41(45,46)47/h1-6,8-19,22H,7,20-21,23H2,(H,48,54)(H,49,52). The lowest BCUT2D eigenvalue weighted by molar-refractivity contribution is -0.141. The molecule has 0 fully saturated rings. The van der Waals surface area contributed by atoms with Crippen molar-refractivity contribution in [2.24, 2.45) is 0 Å². The van der Waals surface area contributed by atoms with Gasteiger partial charge in [-0.3, -0.25) is 19.2 Å². The summed E-state index contributed by atoms with van der Waals surface area (Å²) in [6.07, 6.45) is -9.03. The zero-order chi connectivity index (χ0) is 38.4. The number of nitrogens with zero attached hydrogens (tertiary/aromatic N) is 1. The number of hydrogen-bond acceptors (Lipinski definition) is 4. The zero-order valence-corrected chi connectivity index (χ0v) is 28.1. The number of Topliss-reactive ketones (excluding diaryl/α,β-unsaturated/α-hetero) is 1. The van der Waals surface area contributed by atoms with Crippen LogP contribution in [0, 0.1) is 0 Å². The predicted molar refractivity (Wildman–Crippen MR) is 189 cm³/mol. The molecule has 1 aliphatic carbocycles. The summed E-state index contributed by atoms with van der Waals surface area (Å²) in [5, 5.41) is 4.77. The van der Waals surface area contributed by atoms with Gasteiger partial charge in [0.2, 0.25) is 5.91 Å². The molecule has 0 atom stereocenters. The van der Waals surface area contributed by atoms with Crippen LogP contribution in [-0.4, -0.2) is 42.8 Å². The Morgan fingerprint density at radius 2 is 1.28 bits per heavy atom. The molecule has 5 aromatic rings. The van der Waals surface area contributed by atoms with Crippen molar-refractivity contribution in [2.45, 2.75) is 30.6 Å². The van der Waals surface area contributed by atoms with E-state index in [2.05, 4.69) is 10.6 Å². The zero-order valence-electron chi connectivity index (χ0n) is 28.1. The lowest BCUT2D eigenvalue weighted by Crippen LogP contribution is -2.47. The summed E-state index contributed by atoms with van der Waals surface area (Å²) in [6, 6.07) is 29.0. The molecule has 54 heavy (non-hydrogen) atoms. The SMILES string of the molecule is O=C(Nc1ccc2c(c1)C(=O)C(=O)N2CCCC1(C(=O)NCC(F)(F)F)c2ccccc2-c2ccccc21)c1ccccc1-c1ccc(C(F)(F)F)cc1. The van der Waals surface area contributed by atoms with Crippen molar-refractivity contribution < 1.29 is 45.5 Å². The second-order valence-electron chi connectivity index (χ2n) is 13.0. The fraction of sp³-hybridized carbons (Fsp3) is 0.171. The van der Waals surface area contributed by atoms with Gasteiger partial charge in [0.05, 0.1) is 16.8 Å². The van der Waals surface area contributed by atoms with E-state index in [1.165, 1.54) is 41.3 Å². The summed E-state index contributed by atoms with van der Waals surface area (Å²) in [5.74, 6) is -3.11. The Bertz CT molecular complexity index is 2270. The van der Waals surface area contributed by atoms with Gasteiger partial charge in [-0.2, -0.15) is 26.3 Å². The average Bonchev–Trinajstić information content (AvgIpc) is 3.57. The molecule has 0 saturated heterocycles. The van der Waals surface area contributed by atoms with Crippen molar-refractivity contribution >= 4 is 34.9 Å².